The molecule has 0 saturated heterocycles. The molecule has 0 bridgehead atoms. The Morgan fingerprint density at radius 3 is 2.52 bits per heavy atom. The predicted octanol–water partition coefficient (Wildman–Crippen LogP) is 2.03. The number of hydrogen-bond donors (Lipinski definition) is 1. The zero-order valence-corrected chi connectivity index (χ0v) is 12.4. The van der Waals surface area contributed by atoms with E-state index in [4.69, 9.17) is 9.68 Å². The number of benzene rings is 1. The van der Waals surface area contributed by atoms with E-state index in [0.29, 0.717) is 12.3 Å². The van der Waals surface area contributed by atoms with E-state index in [1.54, 1.807) is 12.1 Å². The lowest BCUT2D eigenvalue weighted by atomic mass is 10.1. The summed E-state index contributed by atoms with van der Waals surface area (Å²) in [6.45, 7) is 0.358. The zero-order valence-electron chi connectivity index (χ0n) is 11.6. The summed E-state index contributed by atoms with van der Waals surface area (Å²) in [5.74, 6) is 0.843. The first-order chi connectivity index (χ1) is 9.98. The van der Waals surface area contributed by atoms with E-state index in [-0.39, 0.29) is 17.6 Å². The second-order valence-corrected chi connectivity index (χ2v) is 7.00. The third kappa shape index (κ3) is 4.74. The maximum atomic E-state index is 11.6. The van der Waals surface area contributed by atoms with Crippen molar-refractivity contribution in [2.75, 3.05) is 12.0 Å². The highest BCUT2D eigenvalue weighted by molar-refractivity contribution is 7.90. The molecule has 1 aromatic heterocycles. The fraction of sp³-hybridized carbons (Fsp3) is 0.267. The van der Waals surface area contributed by atoms with Gasteiger partial charge in [-0.1, -0.05) is 30.3 Å². The number of sulfone groups is 1. The van der Waals surface area contributed by atoms with Crippen molar-refractivity contribution in [2.24, 2.45) is 0 Å². The van der Waals surface area contributed by atoms with Crippen LogP contribution in [0.25, 0.3) is 0 Å². The Morgan fingerprint density at radius 2 is 1.95 bits per heavy atom. The Kier molecular flexibility index (Phi) is 4.78. The fourth-order valence-corrected chi connectivity index (χ4v) is 2.93. The number of hydrogen-bond acceptors (Lipinski definition) is 5. The van der Waals surface area contributed by atoms with Gasteiger partial charge in [-0.15, -0.1) is 0 Å². The lowest BCUT2D eigenvalue weighted by molar-refractivity contribution is 0.452. The van der Waals surface area contributed by atoms with Crippen LogP contribution in [0.5, 0.6) is 0 Å². The number of nitriles is 1. The minimum absolute atomic E-state index is 0.00281. The average Bonchev–Trinajstić information content (AvgIpc) is 2.91. The molecule has 1 heterocycles. The smallest absolute Gasteiger partial charge is 0.203 e. The van der Waals surface area contributed by atoms with Crippen molar-refractivity contribution in [3.8, 4) is 6.07 Å². The molecule has 0 aliphatic carbocycles. The Hall–Kier alpha value is -2.10. The van der Waals surface area contributed by atoms with Gasteiger partial charge in [0.05, 0.1) is 12.3 Å². The van der Waals surface area contributed by atoms with Crippen molar-refractivity contribution in [1.29, 1.82) is 5.26 Å². The van der Waals surface area contributed by atoms with Crippen LogP contribution in [-0.2, 0) is 16.4 Å². The number of furan rings is 1. The summed E-state index contributed by atoms with van der Waals surface area (Å²) in [7, 11) is -3.12. The summed E-state index contributed by atoms with van der Waals surface area (Å²) in [4.78, 5) is 0. The topological polar surface area (TPSA) is 83.1 Å². The second kappa shape index (κ2) is 6.57. The molecule has 0 aliphatic heterocycles. The van der Waals surface area contributed by atoms with Crippen molar-refractivity contribution >= 4 is 9.84 Å². The zero-order chi connectivity index (χ0) is 15.3. The molecule has 2 rings (SSSR count). The van der Waals surface area contributed by atoms with Crippen molar-refractivity contribution in [3.05, 3.63) is 59.5 Å². The first kappa shape index (κ1) is 15.3. The molecular weight excluding hydrogens is 288 g/mol. The number of rotatable bonds is 6. The van der Waals surface area contributed by atoms with E-state index in [1.165, 1.54) is 6.26 Å². The monoisotopic (exact) mass is 304 g/mol. The molecule has 110 valence electrons. The lowest BCUT2D eigenvalue weighted by Gasteiger charge is -2.17. The Morgan fingerprint density at radius 1 is 1.24 bits per heavy atom. The van der Waals surface area contributed by atoms with Gasteiger partial charge >= 0.3 is 0 Å². The van der Waals surface area contributed by atoms with Crippen LogP contribution >= 0.6 is 0 Å². The molecular formula is C15H16N2O3S. The van der Waals surface area contributed by atoms with Gasteiger partial charge < -0.3 is 9.73 Å². The summed E-state index contributed by atoms with van der Waals surface area (Å²) in [6.07, 6.45) is 1.21. The molecule has 2 aromatic rings. The quantitative estimate of drug-likeness (QED) is 0.883. The van der Waals surface area contributed by atoms with Crippen LogP contribution in [0.4, 0.5) is 0 Å². The van der Waals surface area contributed by atoms with Crippen molar-refractivity contribution < 1.29 is 12.8 Å². The van der Waals surface area contributed by atoms with E-state index in [9.17, 15) is 8.42 Å². The average molecular weight is 304 g/mol. The van der Waals surface area contributed by atoms with Gasteiger partial charge in [-0.25, -0.2) is 8.42 Å². The Bertz CT molecular complexity index is 730. The summed E-state index contributed by atoms with van der Waals surface area (Å²) in [6, 6.07) is 14.3. The highest BCUT2D eigenvalue weighted by Gasteiger charge is 2.17. The van der Waals surface area contributed by atoms with Crippen LogP contribution in [-0.4, -0.2) is 20.4 Å². The lowest BCUT2D eigenvalue weighted by Crippen LogP contribution is -2.27. The molecule has 0 radical (unpaired) electrons. The first-order valence-corrected chi connectivity index (χ1v) is 8.49. The van der Waals surface area contributed by atoms with Gasteiger partial charge in [0.25, 0.3) is 0 Å². The molecule has 1 aromatic carbocycles. The minimum atomic E-state index is -3.12. The van der Waals surface area contributed by atoms with Crippen molar-refractivity contribution in [2.45, 2.75) is 12.6 Å². The van der Waals surface area contributed by atoms with Crippen LogP contribution in [0, 0.1) is 11.3 Å². The van der Waals surface area contributed by atoms with Crippen molar-refractivity contribution in [1.82, 2.24) is 5.32 Å². The van der Waals surface area contributed by atoms with Crippen LogP contribution in [0.2, 0.25) is 0 Å². The molecule has 5 nitrogen and oxygen atoms in total. The standard InChI is InChI=1S/C15H16N2O3S/c1-21(18,19)11-15(12-5-3-2-4-6-12)17-10-14-8-7-13(9-16)20-14/h2-8,15,17H,10-11H2,1H3/t15-/m0/s1. The first-order valence-electron chi connectivity index (χ1n) is 6.43. The third-order valence-corrected chi connectivity index (χ3v) is 3.90. The molecule has 1 atom stereocenters. The highest BCUT2D eigenvalue weighted by Crippen LogP contribution is 2.16. The predicted molar refractivity (Wildman–Crippen MR) is 79.2 cm³/mol. The van der Waals surface area contributed by atoms with Gasteiger partial charge in [0.2, 0.25) is 5.76 Å². The van der Waals surface area contributed by atoms with Gasteiger partial charge in [0.1, 0.15) is 21.7 Å². The molecule has 21 heavy (non-hydrogen) atoms. The molecule has 1 N–H and O–H groups in total. The largest absolute Gasteiger partial charge is 0.449 e. The van der Waals surface area contributed by atoms with Crippen molar-refractivity contribution in [3.63, 3.8) is 0 Å². The molecule has 0 aliphatic rings. The Balaban J connectivity index is 2.11. The summed E-state index contributed by atoms with van der Waals surface area (Å²) in [5, 5.41) is 11.9. The highest BCUT2D eigenvalue weighted by atomic mass is 32.2. The van der Waals surface area contributed by atoms with E-state index in [0.717, 1.165) is 5.56 Å². The Labute approximate surface area is 124 Å². The van der Waals surface area contributed by atoms with Crippen LogP contribution in [0.1, 0.15) is 23.1 Å². The second-order valence-electron chi connectivity index (χ2n) is 4.81. The number of nitrogens with one attached hydrogen (secondary N) is 1. The van der Waals surface area contributed by atoms with Crippen LogP contribution in [0.3, 0.4) is 0 Å². The SMILES string of the molecule is CS(=O)(=O)C[C@H](NCc1ccc(C#N)o1)c1ccccc1. The molecule has 0 saturated carbocycles. The van der Waals surface area contributed by atoms with E-state index < -0.39 is 9.84 Å². The molecule has 0 amide bonds. The number of nitrogens with zero attached hydrogens (tertiary/aromatic N) is 1. The molecule has 0 fully saturated rings. The van der Waals surface area contributed by atoms with E-state index in [2.05, 4.69) is 5.32 Å². The fourth-order valence-electron chi connectivity index (χ4n) is 2.02. The van der Waals surface area contributed by atoms with Gasteiger partial charge in [-0.3, -0.25) is 0 Å². The summed E-state index contributed by atoms with van der Waals surface area (Å²) < 4.78 is 28.4. The summed E-state index contributed by atoms with van der Waals surface area (Å²) in [5.41, 5.74) is 0.898. The van der Waals surface area contributed by atoms with Gasteiger partial charge in [-0.2, -0.15) is 5.26 Å². The third-order valence-electron chi connectivity index (χ3n) is 2.97. The molecule has 0 unspecified atom stereocenters. The normalized spacial score (nSPS) is 12.8. The van der Waals surface area contributed by atoms with Gasteiger partial charge in [-0.05, 0) is 17.7 Å². The van der Waals surface area contributed by atoms with Gasteiger partial charge in [0.15, 0.2) is 0 Å². The van der Waals surface area contributed by atoms with E-state index in [1.807, 2.05) is 36.4 Å². The summed E-state index contributed by atoms with van der Waals surface area (Å²) >= 11 is 0. The van der Waals surface area contributed by atoms with E-state index >= 15 is 0 Å². The van der Waals surface area contributed by atoms with Crippen LogP contribution < -0.4 is 5.32 Å². The van der Waals surface area contributed by atoms with Crippen LogP contribution in [0.15, 0.2) is 46.9 Å². The molecule has 6 heteroatoms. The maximum Gasteiger partial charge on any atom is 0.203 e. The minimum Gasteiger partial charge on any atom is -0.449 e. The van der Waals surface area contributed by atoms with Gasteiger partial charge in [0, 0.05) is 12.3 Å². The molecule has 0 spiro atoms. The maximum absolute atomic E-state index is 11.6.